The monoisotopic (exact) mass is 588 g/mol. The summed E-state index contributed by atoms with van der Waals surface area (Å²) in [6, 6.07) is -1.84. The largest absolute Gasteiger partial charge is 0.466 e. The second-order valence-corrected chi connectivity index (χ2v) is 12.2. The number of primary amides is 1. The molecule has 3 N–H and O–H groups in total. The molecule has 40 heavy (non-hydrogen) atoms. The van der Waals surface area contributed by atoms with E-state index < -0.39 is 29.5 Å². The molecule has 0 unspecified atom stereocenters. The van der Waals surface area contributed by atoms with Crippen LogP contribution in [0.25, 0.3) is 0 Å². The van der Waals surface area contributed by atoms with E-state index in [1.807, 2.05) is 6.92 Å². The molecule has 0 radical (unpaired) electrons. The minimum atomic E-state index is -1.22. The number of thioether (sulfide) groups is 1. The van der Waals surface area contributed by atoms with E-state index in [1.165, 1.54) is 28.6 Å². The summed E-state index contributed by atoms with van der Waals surface area (Å²) in [6.07, 6.45) is 3.10. The van der Waals surface area contributed by atoms with Crippen molar-refractivity contribution in [2.75, 3.05) is 65.1 Å². The van der Waals surface area contributed by atoms with Gasteiger partial charge in [0.2, 0.25) is 17.7 Å². The first-order valence-corrected chi connectivity index (χ1v) is 15.6. The molecule has 0 bridgehead atoms. The molecule has 3 amide bonds. The number of carbonyl (C=O) groups is 4. The third kappa shape index (κ3) is 13.2. The molecule has 0 saturated carbocycles. The summed E-state index contributed by atoms with van der Waals surface area (Å²) in [6.45, 7) is 11.3. The number of rotatable bonds is 19. The van der Waals surface area contributed by atoms with Crippen molar-refractivity contribution < 1.29 is 33.8 Å². The Balaban J connectivity index is 2.86. The first-order valence-electron chi connectivity index (χ1n) is 14.4. The maximum absolute atomic E-state index is 13.6. The summed E-state index contributed by atoms with van der Waals surface area (Å²) in [5.74, 6) is -0.846. The quantitative estimate of drug-likeness (QED) is 0.170. The van der Waals surface area contributed by atoms with Crippen LogP contribution < -0.4 is 5.73 Å². The number of nitrogens with zero attached hydrogens (tertiary/aromatic N) is 3. The zero-order valence-electron chi connectivity index (χ0n) is 25.4. The fraction of sp³-hybridized carbons (Fsp3) is 0.857. The maximum Gasteiger partial charge on any atom is 0.308 e. The van der Waals surface area contributed by atoms with Crippen LogP contribution in [-0.4, -0.2) is 126 Å². The molecule has 12 heteroatoms. The highest BCUT2D eigenvalue weighted by atomic mass is 32.2. The first-order chi connectivity index (χ1) is 18.8. The predicted octanol–water partition coefficient (Wildman–Crippen LogP) is 1.50. The lowest BCUT2D eigenvalue weighted by Crippen LogP contribution is -2.56. The van der Waals surface area contributed by atoms with Crippen LogP contribution in [0.3, 0.4) is 0 Å². The van der Waals surface area contributed by atoms with Crippen LogP contribution in [0.4, 0.5) is 0 Å². The summed E-state index contributed by atoms with van der Waals surface area (Å²) < 4.78 is 10.7. The van der Waals surface area contributed by atoms with E-state index in [0.29, 0.717) is 43.8 Å². The summed E-state index contributed by atoms with van der Waals surface area (Å²) in [7, 11) is 3.07. The van der Waals surface area contributed by atoms with E-state index in [0.717, 1.165) is 39.3 Å². The third-order valence-corrected chi connectivity index (χ3v) is 8.16. The zero-order chi connectivity index (χ0) is 30.3. The number of hydrogen-bond donors (Lipinski definition) is 2. The van der Waals surface area contributed by atoms with Gasteiger partial charge in [-0.25, -0.2) is 0 Å². The molecule has 1 heterocycles. The van der Waals surface area contributed by atoms with Gasteiger partial charge < -0.3 is 30.1 Å². The van der Waals surface area contributed by atoms with Crippen LogP contribution in [0.2, 0.25) is 0 Å². The Hall–Kier alpha value is -1.89. The molecule has 11 nitrogen and oxygen atoms in total. The molecule has 1 aliphatic heterocycles. The van der Waals surface area contributed by atoms with Crippen LogP contribution in [0.5, 0.6) is 0 Å². The number of carbonyl (C=O) groups excluding carboxylic acids is 4. The lowest BCUT2D eigenvalue weighted by Gasteiger charge is -2.35. The number of amides is 3. The highest BCUT2D eigenvalue weighted by Crippen LogP contribution is 2.22. The molecular weight excluding hydrogens is 536 g/mol. The molecule has 0 aliphatic carbocycles. The fourth-order valence-electron chi connectivity index (χ4n) is 4.65. The maximum atomic E-state index is 13.6. The third-order valence-electron chi connectivity index (χ3n) is 7.08. The van der Waals surface area contributed by atoms with E-state index >= 15 is 0 Å². The molecule has 1 rings (SSSR count). The highest BCUT2D eigenvalue weighted by molar-refractivity contribution is 7.99. The Bertz CT molecular complexity index is 802. The van der Waals surface area contributed by atoms with Crippen molar-refractivity contribution in [3.8, 4) is 0 Å². The summed E-state index contributed by atoms with van der Waals surface area (Å²) in [4.78, 5) is 56.1. The fourth-order valence-corrected chi connectivity index (χ4v) is 5.86. The normalized spacial score (nSPS) is 16.6. The van der Waals surface area contributed by atoms with Gasteiger partial charge in [0.15, 0.2) is 0 Å². The van der Waals surface area contributed by atoms with Crippen molar-refractivity contribution >= 4 is 35.5 Å². The Labute approximate surface area is 244 Å². The molecular formula is C28H52N4O7S. The summed E-state index contributed by atoms with van der Waals surface area (Å²) in [5, 5.41) is 10.3. The van der Waals surface area contributed by atoms with Crippen molar-refractivity contribution in [2.24, 2.45) is 11.7 Å². The smallest absolute Gasteiger partial charge is 0.308 e. The molecule has 1 aliphatic rings. The van der Waals surface area contributed by atoms with Gasteiger partial charge in [0.1, 0.15) is 12.1 Å². The van der Waals surface area contributed by atoms with Crippen LogP contribution in [-0.2, 0) is 28.7 Å². The van der Waals surface area contributed by atoms with E-state index in [1.54, 1.807) is 27.8 Å². The van der Waals surface area contributed by atoms with Gasteiger partial charge in [-0.2, -0.15) is 11.8 Å². The van der Waals surface area contributed by atoms with Crippen molar-refractivity contribution in [1.29, 1.82) is 0 Å². The van der Waals surface area contributed by atoms with E-state index in [2.05, 4.69) is 4.90 Å². The van der Waals surface area contributed by atoms with Gasteiger partial charge in [0.25, 0.3) is 0 Å². The molecule has 0 aromatic carbocycles. The second kappa shape index (κ2) is 18.5. The summed E-state index contributed by atoms with van der Waals surface area (Å²) in [5.41, 5.74) is 4.36. The van der Waals surface area contributed by atoms with Crippen molar-refractivity contribution in [3.05, 3.63) is 0 Å². The number of hydrogen-bond acceptors (Lipinski definition) is 9. The van der Waals surface area contributed by atoms with Gasteiger partial charge in [-0.3, -0.25) is 24.1 Å². The second-order valence-electron chi connectivity index (χ2n) is 11.1. The number of ether oxygens (including phenoxy) is 2. The van der Waals surface area contributed by atoms with Crippen molar-refractivity contribution in [3.63, 3.8) is 0 Å². The minimum Gasteiger partial charge on any atom is -0.466 e. The molecule has 1 fully saturated rings. The Kier molecular flexibility index (Phi) is 16.7. The minimum absolute atomic E-state index is 0.0251. The van der Waals surface area contributed by atoms with Gasteiger partial charge in [0.05, 0.1) is 31.3 Å². The Morgan fingerprint density at radius 3 is 2.27 bits per heavy atom. The average Bonchev–Trinajstić information content (AvgIpc) is 2.89. The van der Waals surface area contributed by atoms with Crippen LogP contribution >= 0.6 is 11.8 Å². The molecule has 1 saturated heterocycles. The zero-order valence-corrected chi connectivity index (χ0v) is 26.2. The number of aliphatic hydroxyl groups is 1. The van der Waals surface area contributed by atoms with Gasteiger partial charge in [-0.15, -0.1) is 0 Å². The molecule has 3 atom stereocenters. The van der Waals surface area contributed by atoms with Gasteiger partial charge in [0, 0.05) is 45.8 Å². The Morgan fingerprint density at radius 1 is 1.07 bits per heavy atom. The molecule has 0 aromatic rings. The van der Waals surface area contributed by atoms with Crippen molar-refractivity contribution in [1.82, 2.24) is 14.7 Å². The highest BCUT2D eigenvalue weighted by Gasteiger charge is 2.36. The number of morpholine rings is 1. The van der Waals surface area contributed by atoms with Crippen LogP contribution in [0.15, 0.2) is 0 Å². The van der Waals surface area contributed by atoms with E-state index in [-0.39, 0.29) is 24.2 Å². The summed E-state index contributed by atoms with van der Waals surface area (Å²) >= 11 is 1.49. The number of esters is 1. The first kappa shape index (κ1) is 36.1. The van der Waals surface area contributed by atoms with Crippen LogP contribution in [0.1, 0.15) is 66.2 Å². The number of nitrogens with two attached hydrogens (primary N) is 1. The van der Waals surface area contributed by atoms with E-state index in [9.17, 15) is 24.3 Å². The molecule has 0 spiro atoms. The molecule has 232 valence electrons. The van der Waals surface area contributed by atoms with Gasteiger partial charge in [-0.05, 0) is 58.8 Å². The average molecular weight is 589 g/mol. The predicted molar refractivity (Wildman–Crippen MR) is 157 cm³/mol. The lowest BCUT2D eigenvalue weighted by molar-refractivity contribution is -0.148. The van der Waals surface area contributed by atoms with Crippen LogP contribution in [0, 0.1) is 5.92 Å². The Morgan fingerprint density at radius 2 is 1.73 bits per heavy atom. The standard InChI is InChI=1S/C28H52N4O7S/c1-7-10-24(33)30(5)23(26(35)31(6)22(25(29)34)19-28(3,4)37)20-40-18-12-21(27(36)39-8-2)11-9-13-32-14-16-38-17-15-32/h21-23,37H,7-20H2,1-6H3,(H2,29,34)/t21-,22-,23+/m0/s1. The van der Waals surface area contributed by atoms with Gasteiger partial charge >= 0.3 is 5.97 Å². The lowest BCUT2D eigenvalue weighted by atomic mass is 9.97. The van der Waals surface area contributed by atoms with Crippen molar-refractivity contribution in [2.45, 2.75) is 83.9 Å². The SMILES string of the molecule is CCCC(=O)N(C)[C@H](CSCC[C@H](CCCN1CCOCC1)C(=O)OCC)C(=O)N(C)[C@@H](CC(C)(C)O)C(N)=O. The van der Waals surface area contributed by atoms with Gasteiger partial charge in [-0.1, -0.05) is 6.92 Å². The topological polar surface area (TPSA) is 143 Å². The van der Waals surface area contributed by atoms with E-state index in [4.69, 9.17) is 15.2 Å². The molecule has 0 aromatic heterocycles. The number of likely N-dealkylation sites (N-methyl/N-ethyl adjacent to an activating group) is 2.